The normalized spacial score (nSPS) is 11.4. The molecular formula is C13H21N3O5S. The molecule has 0 fully saturated rings. The molecular weight excluding hydrogens is 310 g/mol. The minimum Gasteiger partial charge on any atom is -0.444 e. The molecule has 0 radical (unpaired) electrons. The second-order valence-electron chi connectivity index (χ2n) is 5.28. The third-order valence-electron chi connectivity index (χ3n) is 2.30. The summed E-state index contributed by atoms with van der Waals surface area (Å²) in [6.45, 7) is 5.47. The zero-order valence-corrected chi connectivity index (χ0v) is 14.1. The van der Waals surface area contributed by atoms with Crippen molar-refractivity contribution in [3.8, 4) is 0 Å². The third-order valence-corrected chi connectivity index (χ3v) is 3.06. The Morgan fingerprint density at radius 2 is 1.95 bits per heavy atom. The van der Waals surface area contributed by atoms with E-state index in [1.807, 2.05) is 0 Å². The number of amides is 2. The fourth-order valence-electron chi connectivity index (χ4n) is 1.36. The number of aromatic nitrogens is 1. The summed E-state index contributed by atoms with van der Waals surface area (Å²) in [7, 11) is 2.96. The molecule has 1 aromatic rings. The van der Waals surface area contributed by atoms with E-state index in [0.29, 0.717) is 0 Å². The zero-order valence-electron chi connectivity index (χ0n) is 13.3. The predicted molar refractivity (Wildman–Crippen MR) is 82.1 cm³/mol. The Labute approximate surface area is 133 Å². The Kier molecular flexibility index (Phi) is 6.72. The summed E-state index contributed by atoms with van der Waals surface area (Å²) in [4.78, 5) is 27.5. The molecule has 2 amide bonds. The second-order valence-corrected chi connectivity index (χ2v) is 6.13. The fraction of sp³-hybridized carbons (Fsp3) is 0.615. The van der Waals surface area contributed by atoms with Crippen LogP contribution in [0.3, 0.4) is 0 Å². The van der Waals surface area contributed by atoms with Crippen molar-refractivity contribution in [2.45, 2.75) is 32.7 Å². The van der Waals surface area contributed by atoms with Crippen LogP contribution in [-0.2, 0) is 14.2 Å². The lowest BCUT2D eigenvalue weighted by Crippen LogP contribution is -2.34. The van der Waals surface area contributed by atoms with Gasteiger partial charge in [-0.2, -0.15) is 0 Å². The average molecular weight is 331 g/mol. The van der Waals surface area contributed by atoms with Gasteiger partial charge in [-0.25, -0.2) is 9.78 Å². The van der Waals surface area contributed by atoms with Crippen LogP contribution in [0.1, 0.15) is 31.3 Å². The van der Waals surface area contributed by atoms with Crippen molar-refractivity contribution < 1.29 is 23.8 Å². The summed E-state index contributed by atoms with van der Waals surface area (Å²) in [6.07, 6.45) is -1.14. The van der Waals surface area contributed by atoms with Gasteiger partial charge in [-0.05, 0) is 20.8 Å². The van der Waals surface area contributed by atoms with E-state index in [4.69, 9.17) is 14.2 Å². The smallest absolute Gasteiger partial charge is 0.413 e. The maximum absolute atomic E-state index is 11.9. The average Bonchev–Trinajstić information content (AvgIpc) is 2.85. The van der Waals surface area contributed by atoms with E-state index >= 15 is 0 Å². The van der Waals surface area contributed by atoms with Gasteiger partial charge in [0.15, 0.2) is 11.4 Å². The van der Waals surface area contributed by atoms with E-state index in [1.165, 1.54) is 19.6 Å². The Bertz CT molecular complexity index is 508. The summed E-state index contributed by atoms with van der Waals surface area (Å²) in [5.74, 6) is -0.382. The van der Waals surface area contributed by atoms with Gasteiger partial charge in [-0.15, -0.1) is 11.3 Å². The molecule has 9 heteroatoms. The quantitative estimate of drug-likeness (QED) is 0.772. The van der Waals surface area contributed by atoms with Crippen LogP contribution in [0.15, 0.2) is 5.38 Å². The van der Waals surface area contributed by atoms with Crippen LogP contribution in [0, 0.1) is 0 Å². The lowest BCUT2D eigenvalue weighted by atomic mass is 10.2. The van der Waals surface area contributed by atoms with Crippen LogP contribution in [0.5, 0.6) is 0 Å². The largest absolute Gasteiger partial charge is 0.444 e. The third kappa shape index (κ3) is 6.37. The fourth-order valence-corrected chi connectivity index (χ4v) is 2.03. The first kappa shape index (κ1) is 18.3. The van der Waals surface area contributed by atoms with E-state index < -0.39 is 18.0 Å². The Hall–Kier alpha value is -1.71. The lowest BCUT2D eigenvalue weighted by molar-refractivity contribution is -0.0974. The summed E-state index contributed by atoms with van der Waals surface area (Å²) in [5, 5.41) is 6.92. The number of nitrogens with zero attached hydrogens (tertiary/aromatic N) is 1. The van der Waals surface area contributed by atoms with Crippen molar-refractivity contribution in [1.82, 2.24) is 10.3 Å². The molecule has 0 aromatic carbocycles. The second kappa shape index (κ2) is 8.06. The first-order valence-electron chi connectivity index (χ1n) is 6.54. The number of hydrogen-bond acceptors (Lipinski definition) is 7. The molecule has 0 atom stereocenters. The molecule has 1 heterocycles. The maximum atomic E-state index is 11.9. The number of hydrogen-bond donors (Lipinski definition) is 2. The Morgan fingerprint density at radius 3 is 2.50 bits per heavy atom. The maximum Gasteiger partial charge on any atom is 0.413 e. The topological polar surface area (TPSA) is 98.8 Å². The SMILES string of the molecule is COC(CNC(=O)c1csc(NC(=O)OC(C)(C)C)n1)OC. The molecule has 2 N–H and O–H groups in total. The van der Waals surface area contributed by atoms with Crippen molar-refractivity contribution in [2.75, 3.05) is 26.1 Å². The van der Waals surface area contributed by atoms with Crippen LogP contribution in [0.2, 0.25) is 0 Å². The standard InChI is InChI=1S/C13H21N3O5S/c1-13(2,3)21-12(18)16-11-15-8(7-22-11)10(17)14-6-9(19-4)20-5/h7,9H,6H2,1-5H3,(H,14,17)(H,15,16,18). The molecule has 0 aliphatic heterocycles. The molecule has 8 nitrogen and oxygen atoms in total. The molecule has 0 unspecified atom stereocenters. The zero-order chi connectivity index (χ0) is 16.8. The van der Waals surface area contributed by atoms with Crippen LogP contribution in [0.25, 0.3) is 0 Å². The van der Waals surface area contributed by atoms with Gasteiger partial charge in [0.2, 0.25) is 0 Å². The number of carbonyl (C=O) groups is 2. The number of methoxy groups -OCH3 is 2. The molecule has 0 saturated heterocycles. The highest BCUT2D eigenvalue weighted by Crippen LogP contribution is 2.17. The molecule has 0 spiro atoms. The summed E-state index contributed by atoms with van der Waals surface area (Å²) >= 11 is 1.13. The predicted octanol–water partition coefficient (Wildman–Crippen LogP) is 1.84. The first-order chi connectivity index (χ1) is 10.2. The van der Waals surface area contributed by atoms with Crippen molar-refractivity contribution >= 4 is 28.5 Å². The number of nitrogens with one attached hydrogen (secondary N) is 2. The molecule has 0 aliphatic rings. The minimum atomic E-state index is -0.618. The van der Waals surface area contributed by atoms with E-state index in [0.717, 1.165) is 11.3 Å². The minimum absolute atomic E-state index is 0.193. The van der Waals surface area contributed by atoms with Crippen LogP contribution in [-0.4, -0.2) is 49.6 Å². The molecule has 22 heavy (non-hydrogen) atoms. The monoisotopic (exact) mass is 331 g/mol. The highest BCUT2D eigenvalue weighted by molar-refractivity contribution is 7.14. The van der Waals surface area contributed by atoms with Gasteiger partial charge >= 0.3 is 6.09 Å². The number of ether oxygens (including phenoxy) is 3. The molecule has 0 bridgehead atoms. The molecule has 0 aliphatic carbocycles. The van der Waals surface area contributed by atoms with Gasteiger partial charge < -0.3 is 19.5 Å². The summed E-state index contributed by atoms with van der Waals surface area (Å²) < 4.78 is 15.0. The van der Waals surface area contributed by atoms with E-state index in [-0.39, 0.29) is 23.3 Å². The van der Waals surface area contributed by atoms with Crippen molar-refractivity contribution in [2.24, 2.45) is 0 Å². The number of carbonyl (C=O) groups excluding carboxylic acids is 2. The van der Waals surface area contributed by atoms with Crippen molar-refractivity contribution in [3.63, 3.8) is 0 Å². The van der Waals surface area contributed by atoms with E-state index in [9.17, 15) is 9.59 Å². The molecule has 0 saturated carbocycles. The van der Waals surface area contributed by atoms with Gasteiger partial charge in [-0.1, -0.05) is 0 Å². The lowest BCUT2D eigenvalue weighted by Gasteiger charge is -2.18. The van der Waals surface area contributed by atoms with Crippen LogP contribution < -0.4 is 10.6 Å². The van der Waals surface area contributed by atoms with Gasteiger partial charge in [-0.3, -0.25) is 10.1 Å². The number of anilines is 1. The first-order valence-corrected chi connectivity index (χ1v) is 7.42. The van der Waals surface area contributed by atoms with Crippen LogP contribution in [0.4, 0.5) is 9.93 Å². The Balaban J connectivity index is 2.53. The summed E-state index contributed by atoms with van der Waals surface area (Å²) in [6, 6.07) is 0. The van der Waals surface area contributed by atoms with Gasteiger partial charge in [0.1, 0.15) is 11.3 Å². The van der Waals surface area contributed by atoms with E-state index in [1.54, 1.807) is 20.8 Å². The molecule has 124 valence electrons. The molecule has 1 rings (SSSR count). The van der Waals surface area contributed by atoms with Gasteiger partial charge in [0.05, 0.1) is 6.54 Å². The summed E-state index contributed by atoms with van der Waals surface area (Å²) in [5.41, 5.74) is -0.404. The Morgan fingerprint density at radius 1 is 1.32 bits per heavy atom. The van der Waals surface area contributed by atoms with E-state index in [2.05, 4.69) is 15.6 Å². The van der Waals surface area contributed by atoms with Gasteiger partial charge in [0, 0.05) is 19.6 Å². The van der Waals surface area contributed by atoms with Crippen molar-refractivity contribution in [3.05, 3.63) is 11.1 Å². The number of rotatable bonds is 6. The van der Waals surface area contributed by atoms with Gasteiger partial charge in [0.25, 0.3) is 5.91 Å². The van der Waals surface area contributed by atoms with Crippen LogP contribution >= 0.6 is 11.3 Å². The highest BCUT2D eigenvalue weighted by Gasteiger charge is 2.18. The van der Waals surface area contributed by atoms with Crippen molar-refractivity contribution in [1.29, 1.82) is 0 Å². The number of thiazole rings is 1. The highest BCUT2D eigenvalue weighted by atomic mass is 32.1. The molecule has 1 aromatic heterocycles.